The molecule has 0 aliphatic heterocycles. The number of hydrogen-bond donors (Lipinski definition) is 4. The summed E-state index contributed by atoms with van der Waals surface area (Å²) >= 11 is 0. The predicted molar refractivity (Wildman–Crippen MR) is 51.3 cm³/mol. The van der Waals surface area contributed by atoms with Crippen LogP contribution in [0.1, 0.15) is 17.1 Å². The monoisotopic (exact) mass is 374 g/mol. The van der Waals surface area contributed by atoms with Gasteiger partial charge in [-0.05, 0) is 0 Å². The van der Waals surface area contributed by atoms with Crippen molar-refractivity contribution in [3.63, 3.8) is 0 Å². The van der Waals surface area contributed by atoms with Crippen LogP contribution in [0.3, 0.4) is 0 Å². The summed E-state index contributed by atoms with van der Waals surface area (Å²) in [7, 11) is 0. The van der Waals surface area contributed by atoms with Gasteiger partial charge in [0, 0.05) is 17.1 Å². The minimum absolute atomic E-state index is 0. The zero-order valence-corrected chi connectivity index (χ0v) is 18.4. The molecule has 0 aromatic carbocycles. The number of hydrogen-bond acceptors (Lipinski definition) is 4. The van der Waals surface area contributed by atoms with Crippen LogP contribution in [0, 0.1) is 0 Å². The van der Waals surface area contributed by atoms with E-state index in [2.05, 4.69) is 0 Å². The van der Waals surface area contributed by atoms with Crippen molar-refractivity contribution in [2.45, 2.75) is 18.4 Å². The first-order valence-electron chi connectivity index (χ1n) is 3.17. The Morgan fingerprint density at radius 2 is 1.00 bits per heavy atom. The quantitative estimate of drug-likeness (QED) is 0.339. The third kappa shape index (κ3) is 22.1. The average molecular weight is 374 g/mol. The molecule has 10 N–H and O–H groups in total. The molecular formula is C6H17FeNa3O10. The van der Waals surface area contributed by atoms with E-state index in [1.807, 2.05) is 0 Å². The van der Waals surface area contributed by atoms with Crippen LogP contribution in [0.25, 0.3) is 0 Å². The molecule has 10 nitrogen and oxygen atoms in total. The molecule has 0 atom stereocenters. The molecule has 0 fully saturated rings. The van der Waals surface area contributed by atoms with Crippen LogP contribution in [0.15, 0.2) is 0 Å². The number of aliphatic carboxylic acids is 3. The van der Waals surface area contributed by atoms with Gasteiger partial charge >= 0.3 is 107 Å². The number of carboxylic acids is 3. The van der Waals surface area contributed by atoms with Crippen molar-refractivity contribution < 1.29 is 161 Å². The van der Waals surface area contributed by atoms with Gasteiger partial charge in [-0.1, -0.05) is 0 Å². The summed E-state index contributed by atoms with van der Waals surface area (Å²) in [4.78, 5) is 30.5. The second-order valence-electron chi connectivity index (χ2n) is 2.48. The molecule has 0 aromatic heterocycles. The minimum atomic E-state index is -2.74. The third-order valence-corrected chi connectivity index (χ3v) is 1.29. The van der Waals surface area contributed by atoms with Gasteiger partial charge in [0.15, 0.2) is 5.60 Å². The van der Waals surface area contributed by atoms with Gasteiger partial charge in [0.05, 0.1) is 12.8 Å². The molecule has 0 aliphatic carbocycles. The number of carbonyl (C=O) groups is 3. The fourth-order valence-electron chi connectivity index (χ4n) is 0.714. The molecule has 0 rings (SSSR count). The van der Waals surface area contributed by atoms with Crippen molar-refractivity contribution in [1.82, 2.24) is 0 Å². The molecule has 0 heterocycles. The number of rotatable bonds is 5. The molecule has 0 radical (unpaired) electrons. The topological polar surface area (TPSA) is 227 Å². The maximum absolute atomic E-state index is 10.3. The molecule has 0 unspecified atom stereocenters. The first-order chi connectivity index (χ1) is 5.78. The first-order valence-corrected chi connectivity index (χ1v) is 3.17. The normalized spacial score (nSPS) is 7.05. The van der Waals surface area contributed by atoms with Crippen LogP contribution in [-0.4, -0.2) is 60.4 Å². The molecular weight excluding hydrogens is 357 g/mol. The molecule has 0 bridgehead atoms. The second kappa shape index (κ2) is 23.0. The Morgan fingerprint density at radius 3 is 1.10 bits per heavy atom. The summed E-state index contributed by atoms with van der Waals surface area (Å²) in [6.45, 7) is 0. The van der Waals surface area contributed by atoms with E-state index in [4.69, 9.17) is 20.4 Å². The van der Waals surface area contributed by atoms with Gasteiger partial charge < -0.3 is 41.1 Å². The third-order valence-electron chi connectivity index (χ3n) is 1.29. The van der Waals surface area contributed by atoms with E-state index >= 15 is 0 Å². The van der Waals surface area contributed by atoms with Crippen molar-refractivity contribution in [3.8, 4) is 0 Å². The van der Waals surface area contributed by atoms with Crippen LogP contribution in [-0.2, 0) is 31.5 Å². The van der Waals surface area contributed by atoms with E-state index in [9.17, 15) is 14.4 Å². The van der Waals surface area contributed by atoms with Gasteiger partial charge in [-0.3, -0.25) is 9.59 Å². The summed E-state index contributed by atoms with van der Waals surface area (Å²) in [6, 6.07) is 0. The van der Waals surface area contributed by atoms with Gasteiger partial charge in [0.2, 0.25) is 0 Å². The summed E-state index contributed by atoms with van der Waals surface area (Å²) in [5.74, 6) is -5.02. The largest absolute Gasteiger partial charge is 1.00 e. The van der Waals surface area contributed by atoms with Crippen LogP contribution in [0.5, 0.6) is 0 Å². The summed E-state index contributed by atoms with van der Waals surface area (Å²) in [5.41, 5.74) is -2.74. The van der Waals surface area contributed by atoms with Gasteiger partial charge in [0.25, 0.3) is 0 Å². The van der Waals surface area contributed by atoms with Gasteiger partial charge in [0.1, 0.15) is 0 Å². The van der Waals surface area contributed by atoms with E-state index < -0.39 is 36.4 Å². The SMILES string of the molecule is O.O.O.O=C(O)CC(O)(CC(=O)O)C(=O)O.[Fe].[H-].[H-].[H-].[Na+].[Na+].[Na+]. The molecule has 0 aliphatic rings. The van der Waals surface area contributed by atoms with E-state index in [0.29, 0.717) is 0 Å². The zero-order chi connectivity index (χ0) is 10.6. The van der Waals surface area contributed by atoms with Crippen molar-refractivity contribution >= 4 is 17.9 Å². The van der Waals surface area contributed by atoms with Crippen molar-refractivity contribution in [3.05, 3.63) is 0 Å². The van der Waals surface area contributed by atoms with E-state index in [-0.39, 0.29) is 126 Å². The maximum atomic E-state index is 10.3. The molecule has 0 amide bonds. The Bertz CT molecular complexity index is 260. The Balaban J connectivity index is -0.0000000160. The average Bonchev–Trinajstić information content (AvgIpc) is 1.82. The van der Waals surface area contributed by atoms with Crippen LogP contribution in [0.4, 0.5) is 0 Å². The Kier molecular flexibility index (Phi) is 57.1. The van der Waals surface area contributed by atoms with Crippen molar-refractivity contribution in [2.75, 3.05) is 0 Å². The fourth-order valence-corrected chi connectivity index (χ4v) is 0.714. The molecule has 0 aromatic rings. The summed E-state index contributed by atoms with van der Waals surface area (Å²) in [5, 5.41) is 33.8. The summed E-state index contributed by atoms with van der Waals surface area (Å²) < 4.78 is 0. The molecule has 14 heteroatoms. The van der Waals surface area contributed by atoms with E-state index in [1.165, 1.54) is 0 Å². The smallest absolute Gasteiger partial charge is 1.00 e. The molecule has 112 valence electrons. The first kappa shape index (κ1) is 49.5. The molecule has 0 spiro atoms. The number of carboxylic acid groups (broad SMARTS) is 3. The van der Waals surface area contributed by atoms with Gasteiger partial charge in [-0.2, -0.15) is 0 Å². The molecule has 0 saturated carbocycles. The standard InChI is InChI=1S/C6H8O7.Fe.3Na.3H2O.3H/c7-3(8)1-6(13,5(11)12)2-4(9)10;;;;;;;;;;/h13H,1-2H2,(H,7,8)(H,9,10)(H,11,12);;;;;3*1H2;;;/q;;3*+1;;;;3*-1. The number of aliphatic hydroxyl groups is 1. The van der Waals surface area contributed by atoms with Crippen LogP contribution in [0.2, 0.25) is 0 Å². The van der Waals surface area contributed by atoms with Crippen molar-refractivity contribution in [2.24, 2.45) is 0 Å². The Hall–Kier alpha value is 1.77. The van der Waals surface area contributed by atoms with Gasteiger partial charge in [-0.25, -0.2) is 4.79 Å². The summed E-state index contributed by atoms with van der Waals surface area (Å²) in [6.07, 6.45) is -2.29. The second-order valence-corrected chi connectivity index (χ2v) is 2.48. The maximum Gasteiger partial charge on any atom is 1.00 e. The van der Waals surface area contributed by atoms with Gasteiger partial charge in [-0.15, -0.1) is 0 Å². The Morgan fingerprint density at radius 1 is 0.800 bits per heavy atom. The predicted octanol–water partition coefficient (Wildman–Crippen LogP) is -12.4. The Labute approximate surface area is 195 Å². The molecule has 20 heavy (non-hydrogen) atoms. The van der Waals surface area contributed by atoms with E-state index in [1.54, 1.807) is 0 Å². The fraction of sp³-hybridized carbons (Fsp3) is 0.500. The van der Waals surface area contributed by atoms with E-state index in [0.717, 1.165) is 0 Å². The van der Waals surface area contributed by atoms with Crippen LogP contribution >= 0.6 is 0 Å². The van der Waals surface area contributed by atoms with Crippen molar-refractivity contribution in [1.29, 1.82) is 0 Å². The minimum Gasteiger partial charge on any atom is -1.00 e. The zero-order valence-electron chi connectivity index (χ0n) is 14.3. The van der Waals surface area contributed by atoms with Crippen LogP contribution < -0.4 is 88.7 Å². The molecule has 0 saturated heterocycles.